The molecule has 3 amide bonds. The molecule has 0 spiro atoms. The molecule has 1 aliphatic heterocycles. The summed E-state index contributed by atoms with van der Waals surface area (Å²) in [5, 5.41) is 4.89. The highest BCUT2D eigenvalue weighted by atomic mass is 32.2. The second-order valence-electron chi connectivity index (χ2n) is 5.92. The summed E-state index contributed by atoms with van der Waals surface area (Å²) < 4.78 is 0. The number of carbonyl (C=O) groups is 3. The van der Waals surface area contributed by atoms with Crippen LogP contribution in [-0.4, -0.2) is 40.7 Å². The quantitative estimate of drug-likeness (QED) is 0.529. The van der Waals surface area contributed by atoms with Gasteiger partial charge < -0.3 is 5.32 Å². The Labute approximate surface area is 160 Å². The molecule has 7 heteroatoms. The first-order valence-corrected chi connectivity index (χ1v) is 10.5. The minimum Gasteiger partial charge on any atom is -0.350 e. The lowest BCUT2D eigenvalue weighted by Crippen LogP contribution is -2.30. The Morgan fingerprint density at radius 2 is 1.77 bits per heavy atom. The maximum absolute atomic E-state index is 12.2. The average Bonchev–Trinajstić information content (AvgIpc) is 3.25. The normalized spacial score (nSPS) is 13.2. The number of benzene rings is 1. The Morgan fingerprint density at radius 3 is 2.42 bits per heavy atom. The van der Waals surface area contributed by atoms with E-state index in [1.807, 2.05) is 17.5 Å². The van der Waals surface area contributed by atoms with Gasteiger partial charge in [-0.05, 0) is 42.2 Å². The second-order valence-corrected chi connectivity index (χ2v) is 8.06. The zero-order valence-electron chi connectivity index (χ0n) is 14.3. The standard InChI is InChI=1S/C19H20N2O3S2/c22-17(20-12-14-6-5-11-26-14)13-25-10-4-3-9-21-18(23)15-7-1-2-8-16(15)19(21)24/h1-2,5-8,11H,3-4,9-10,12-13H2,(H,20,22). The van der Waals surface area contributed by atoms with Crippen molar-refractivity contribution in [3.05, 3.63) is 57.8 Å². The van der Waals surface area contributed by atoms with Gasteiger partial charge >= 0.3 is 0 Å². The largest absolute Gasteiger partial charge is 0.350 e. The smallest absolute Gasteiger partial charge is 0.261 e. The third kappa shape index (κ3) is 4.53. The van der Waals surface area contributed by atoms with Crippen molar-refractivity contribution in [2.24, 2.45) is 0 Å². The summed E-state index contributed by atoms with van der Waals surface area (Å²) in [7, 11) is 0. The summed E-state index contributed by atoms with van der Waals surface area (Å²) in [6, 6.07) is 10.9. The molecule has 0 saturated heterocycles. The highest BCUT2D eigenvalue weighted by molar-refractivity contribution is 7.99. The first-order chi connectivity index (χ1) is 12.7. The molecule has 2 heterocycles. The van der Waals surface area contributed by atoms with Crippen LogP contribution in [0.5, 0.6) is 0 Å². The number of imide groups is 1. The van der Waals surface area contributed by atoms with Crippen LogP contribution in [0.15, 0.2) is 41.8 Å². The molecule has 3 rings (SSSR count). The molecule has 0 aliphatic carbocycles. The van der Waals surface area contributed by atoms with E-state index >= 15 is 0 Å². The lowest BCUT2D eigenvalue weighted by atomic mass is 10.1. The number of nitrogens with zero attached hydrogens (tertiary/aromatic N) is 1. The van der Waals surface area contributed by atoms with Crippen molar-refractivity contribution in [3.63, 3.8) is 0 Å². The fraction of sp³-hybridized carbons (Fsp3) is 0.316. The molecule has 0 unspecified atom stereocenters. The summed E-state index contributed by atoms with van der Waals surface area (Å²) in [6.07, 6.45) is 1.60. The van der Waals surface area contributed by atoms with Crippen LogP contribution in [-0.2, 0) is 11.3 Å². The van der Waals surface area contributed by atoms with Crippen molar-refractivity contribution < 1.29 is 14.4 Å². The molecule has 0 bridgehead atoms. The molecular formula is C19H20N2O3S2. The predicted molar refractivity (Wildman–Crippen MR) is 105 cm³/mol. The molecule has 0 radical (unpaired) electrons. The lowest BCUT2D eigenvalue weighted by Gasteiger charge is -2.13. The van der Waals surface area contributed by atoms with Crippen molar-refractivity contribution >= 4 is 40.8 Å². The monoisotopic (exact) mass is 388 g/mol. The fourth-order valence-corrected chi connectivity index (χ4v) is 4.22. The first-order valence-electron chi connectivity index (χ1n) is 8.49. The Morgan fingerprint density at radius 1 is 1.04 bits per heavy atom. The van der Waals surface area contributed by atoms with E-state index in [-0.39, 0.29) is 17.7 Å². The van der Waals surface area contributed by atoms with Crippen LogP contribution in [0.1, 0.15) is 38.4 Å². The number of hydrogen-bond donors (Lipinski definition) is 1. The fourth-order valence-electron chi connectivity index (χ4n) is 2.73. The van der Waals surface area contributed by atoms with Crippen LogP contribution in [0.3, 0.4) is 0 Å². The van der Waals surface area contributed by atoms with Gasteiger partial charge in [-0.2, -0.15) is 11.8 Å². The Bertz CT molecular complexity index is 755. The molecule has 1 aromatic carbocycles. The van der Waals surface area contributed by atoms with E-state index in [1.165, 1.54) is 4.90 Å². The van der Waals surface area contributed by atoms with Gasteiger partial charge in [-0.15, -0.1) is 11.3 Å². The van der Waals surface area contributed by atoms with E-state index < -0.39 is 0 Å². The van der Waals surface area contributed by atoms with Crippen molar-refractivity contribution in [3.8, 4) is 0 Å². The molecule has 0 fully saturated rings. The predicted octanol–water partition coefficient (Wildman–Crippen LogP) is 3.17. The van der Waals surface area contributed by atoms with Crippen LogP contribution in [0.4, 0.5) is 0 Å². The zero-order valence-corrected chi connectivity index (χ0v) is 15.9. The van der Waals surface area contributed by atoms with Gasteiger partial charge in [0, 0.05) is 11.4 Å². The molecule has 1 aromatic heterocycles. The van der Waals surface area contributed by atoms with Crippen LogP contribution in [0.2, 0.25) is 0 Å². The Kier molecular flexibility index (Phi) is 6.46. The molecule has 0 saturated carbocycles. The second kappa shape index (κ2) is 9.00. The van der Waals surface area contributed by atoms with E-state index in [0.29, 0.717) is 30.0 Å². The van der Waals surface area contributed by atoms with Gasteiger partial charge in [-0.1, -0.05) is 18.2 Å². The summed E-state index contributed by atoms with van der Waals surface area (Å²) in [4.78, 5) is 38.7. The van der Waals surface area contributed by atoms with Crippen molar-refractivity contribution in [1.82, 2.24) is 10.2 Å². The molecule has 5 nitrogen and oxygen atoms in total. The van der Waals surface area contributed by atoms with Crippen LogP contribution < -0.4 is 5.32 Å². The highest BCUT2D eigenvalue weighted by Gasteiger charge is 2.34. The summed E-state index contributed by atoms with van der Waals surface area (Å²) in [6.45, 7) is 1.01. The summed E-state index contributed by atoms with van der Waals surface area (Å²) in [5.74, 6) is 0.884. The maximum atomic E-state index is 12.2. The number of thioether (sulfide) groups is 1. The molecule has 0 atom stereocenters. The number of thiophene rings is 1. The van der Waals surface area contributed by atoms with Crippen molar-refractivity contribution in [2.45, 2.75) is 19.4 Å². The van der Waals surface area contributed by atoms with E-state index in [4.69, 9.17) is 0 Å². The van der Waals surface area contributed by atoms with Gasteiger partial charge in [0.15, 0.2) is 0 Å². The van der Waals surface area contributed by atoms with Gasteiger partial charge in [0.05, 0.1) is 23.4 Å². The van der Waals surface area contributed by atoms with Crippen LogP contribution in [0, 0.1) is 0 Å². The van der Waals surface area contributed by atoms with Gasteiger partial charge in [0.2, 0.25) is 5.91 Å². The van der Waals surface area contributed by atoms with Crippen LogP contribution in [0.25, 0.3) is 0 Å². The van der Waals surface area contributed by atoms with Gasteiger partial charge in [0.1, 0.15) is 0 Å². The molecule has 2 aromatic rings. The topological polar surface area (TPSA) is 66.5 Å². The summed E-state index contributed by atoms with van der Waals surface area (Å²) >= 11 is 3.20. The number of carbonyl (C=O) groups excluding carboxylic acids is 3. The minimum absolute atomic E-state index is 0.0312. The SMILES string of the molecule is O=C(CSCCCCN1C(=O)c2ccccc2C1=O)NCc1cccs1. The minimum atomic E-state index is -0.203. The number of amides is 3. The molecule has 26 heavy (non-hydrogen) atoms. The first kappa shape index (κ1) is 18.7. The number of hydrogen-bond acceptors (Lipinski definition) is 5. The number of rotatable bonds is 9. The molecule has 1 N–H and O–H groups in total. The average molecular weight is 389 g/mol. The highest BCUT2D eigenvalue weighted by Crippen LogP contribution is 2.22. The van der Waals surface area contributed by atoms with E-state index in [1.54, 1.807) is 47.4 Å². The third-order valence-electron chi connectivity index (χ3n) is 4.07. The Hall–Kier alpha value is -2.12. The van der Waals surface area contributed by atoms with Gasteiger partial charge in [-0.3, -0.25) is 19.3 Å². The van der Waals surface area contributed by atoms with E-state index in [2.05, 4.69) is 5.32 Å². The van der Waals surface area contributed by atoms with E-state index in [0.717, 1.165) is 23.5 Å². The number of nitrogens with one attached hydrogen (secondary N) is 1. The van der Waals surface area contributed by atoms with Crippen molar-refractivity contribution in [2.75, 3.05) is 18.1 Å². The Balaban J connectivity index is 1.30. The van der Waals surface area contributed by atoms with Gasteiger partial charge in [-0.25, -0.2) is 0 Å². The van der Waals surface area contributed by atoms with Gasteiger partial charge in [0.25, 0.3) is 11.8 Å². The third-order valence-corrected chi connectivity index (χ3v) is 5.99. The van der Waals surface area contributed by atoms with Crippen molar-refractivity contribution in [1.29, 1.82) is 0 Å². The molecule has 136 valence electrons. The maximum Gasteiger partial charge on any atom is 0.261 e. The van der Waals surface area contributed by atoms with E-state index in [9.17, 15) is 14.4 Å². The summed E-state index contributed by atoms with van der Waals surface area (Å²) in [5.41, 5.74) is 0.989. The number of unbranched alkanes of at least 4 members (excludes halogenated alkanes) is 1. The zero-order chi connectivity index (χ0) is 18.4. The lowest BCUT2D eigenvalue weighted by molar-refractivity contribution is -0.118. The number of fused-ring (bicyclic) bond motifs is 1. The molecular weight excluding hydrogens is 368 g/mol. The molecule has 1 aliphatic rings. The van der Waals surface area contributed by atoms with Crippen LogP contribution >= 0.6 is 23.1 Å².